The molecule has 0 heterocycles. The van der Waals surface area contributed by atoms with Gasteiger partial charge in [-0.05, 0) is 64.7 Å². The highest BCUT2D eigenvalue weighted by Gasteiger charge is 2.60. The van der Waals surface area contributed by atoms with Gasteiger partial charge in [0, 0.05) is 19.3 Å². The van der Waals surface area contributed by atoms with Crippen LogP contribution in [0.3, 0.4) is 0 Å². The maximum Gasteiger partial charge on any atom is 0.146 e. The van der Waals surface area contributed by atoms with E-state index in [4.69, 9.17) is 4.74 Å². The third-order valence-electron chi connectivity index (χ3n) is 6.47. The van der Waals surface area contributed by atoms with Crippen molar-refractivity contribution >= 4 is 17.3 Å². The summed E-state index contributed by atoms with van der Waals surface area (Å²) in [5, 5.41) is 0. The van der Waals surface area contributed by atoms with Crippen molar-refractivity contribution < 1.29 is 19.1 Å². The standard InChI is InChI=1S/C22H34O4/c1-7-8-17(24)11-12-22(15(2)23)14-21(6)16(13-18(22)25)9-10-19(21)26-20(3,4)5/h7,16,19H,1,8-14H2,2-6H3/t16-,19-,21-,22?/m1/s1. The van der Waals surface area contributed by atoms with Gasteiger partial charge in [0.1, 0.15) is 17.3 Å². The Morgan fingerprint density at radius 2 is 1.96 bits per heavy atom. The Morgan fingerprint density at radius 3 is 2.50 bits per heavy atom. The highest BCUT2D eigenvalue weighted by Crippen LogP contribution is 2.59. The minimum Gasteiger partial charge on any atom is -0.372 e. The van der Waals surface area contributed by atoms with Crippen LogP contribution in [-0.2, 0) is 19.1 Å². The third-order valence-corrected chi connectivity index (χ3v) is 6.47. The third kappa shape index (κ3) is 4.00. The first-order valence-corrected chi connectivity index (χ1v) is 9.79. The first kappa shape index (κ1) is 21.0. The predicted molar refractivity (Wildman–Crippen MR) is 102 cm³/mol. The van der Waals surface area contributed by atoms with E-state index < -0.39 is 5.41 Å². The smallest absolute Gasteiger partial charge is 0.146 e. The minimum atomic E-state index is -1.04. The molecule has 0 bridgehead atoms. The normalized spacial score (nSPS) is 34.4. The van der Waals surface area contributed by atoms with E-state index in [0.717, 1.165) is 12.8 Å². The van der Waals surface area contributed by atoms with Crippen molar-refractivity contribution in [1.29, 1.82) is 0 Å². The van der Waals surface area contributed by atoms with Gasteiger partial charge >= 0.3 is 0 Å². The Morgan fingerprint density at radius 1 is 1.31 bits per heavy atom. The molecule has 2 aliphatic rings. The van der Waals surface area contributed by atoms with E-state index in [1.54, 1.807) is 6.08 Å². The van der Waals surface area contributed by atoms with Gasteiger partial charge in [0.25, 0.3) is 0 Å². The van der Waals surface area contributed by atoms with Gasteiger partial charge in [-0.25, -0.2) is 0 Å². The number of hydrogen-bond donors (Lipinski definition) is 0. The summed E-state index contributed by atoms with van der Waals surface area (Å²) in [7, 11) is 0. The van der Waals surface area contributed by atoms with Crippen molar-refractivity contribution in [2.24, 2.45) is 16.7 Å². The summed E-state index contributed by atoms with van der Waals surface area (Å²) < 4.78 is 6.34. The zero-order valence-corrected chi connectivity index (χ0v) is 17.0. The maximum absolute atomic E-state index is 13.0. The summed E-state index contributed by atoms with van der Waals surface area (Å²) in [6.07, 6.45) is 5.30. The van der Waals surface area contributed by atoms with Gasteiger partial charge in [-0.1, -0.05) is 13.0 Å². The molecule has 0 radical (unpaired) electrons. The summed E-state index contributed by atoms with van der Waals surface area (Å²) in [4.78, 5) is 37.6. The van der Waals surface area contributed by atoms with E-state index in [0.29, 0.717) is 19.3 Å². The Labute approximate surface area is 157 Å². The average molecular weight is 363 g/mol. The highest BCUT2D eigenvalue weighted by molar-refractivity contribution is 6.07. The number of rotatable bonds is 7. The lowest BCUT2D eigenvalue weighted by molar-refractivity contribution is -0.160. The van der Waals surface area contributed by atoms with Crippen molar-refractivity contribution in [3.05, 3.63) is 12.7 Å². The van der Waals surface area contributed by atoms with Crippen LogP contribution in [0.2, 0.25) is 0 Å². The molecule has 26 heavy (non-hydrogen) atoms. The van der Waals surface area contributed by atoms with Gasteiger partial charge in [-0.15, -0.1) is 6.58 Å². The van der Waals surface area contributed by atoms with Crippen molar-refractivity contribution in [3.8, 4) is 0 Å². The quantitative estimate of drug-likeness (QED) is 0.496. The van der Waals surface area contributed by atoms with Gasteiger partial charge in [0.15, 0.2) is 0 Å². The van der Waals surface area contributed by atoms with Gasteiger partial charge in [0.05, 0.1) is 17.1 Å². The molecule has 2 aliphatic carbocycles. The fourth-order valence-corrected chi connectivity index (χ4v) is 5.00. The van der Waals surface area contributed by atoms with Gasteiger partial charge < -0.3 is 4.74 Å². The van der Waals surface area contributed by atoms with Crippen LogP contribution in [0.5, 0.6) is 0 Å². The first-order chi connectivity index (χ1) is 11.9. The predicted octanol–water partition coefficient (Wildman–Crippen LogP) is 4.45. The minimum absolute atomic E-state index is 0.0234. The molecule has 1 unspecified atom stereocenters. The van der Waals surface area contributed by atoms with Crippen LogP contribution in [0.4, 0.5) is 0 Å². The molecule has 2 saturated carbocycles. The van der Waals surface area contributed by atoms with Crippen LogP contribution in [0.25, 0.3) is 0 Å². The first-order valence-electron chi connectivity index (χ1n) is 9.79. The topological polar surface area (TPSA) is 60.4 Å². The zero-order valence-electron chi connectivity index (χ0n) is 17.0. The molecule has 0 amide bonds. The number of Topliss-reactive ketones (excluding diaryl/α,β-unsaturated/α-hetero) is 3. The average Bonchev–Trinajstić information content (AvgIpc) is 2.79. The Balaban J connectivity index is 2.29. The molecule has 0 saturated heterocycles. The van der Waals surface area contributed by atoms with E-state index in [2.05, 4.69) is 13.5 Å². The number of allylic oxidation sites excluding steroid dienone is 1. The molecular formula is C22H34O4. The number of ketones is 3. The molecule has 0 aromatic carbocycles. The molecule has 2 fully saturated rings. The molecule has 0 aromatic rings. The van der Waals surface area contributed by atoms with E-state index in [-0.39, 0.29) is 53.2 Å². The van der Waals surface area contributed by atoms with Crippen molar-refractivity contribution in [2.45, 2.75) is 91.3 Å². The van der Waals surface area contributed by atoms with Crippen LogP contribution in [0.1, 0.15) is 79.6 Å². The largest absolute Gasteiger partial charge is 0.372 e. The van der Waals surface area contributed by atoms with Crippen molar-refractivity contribution in [3.63, 3.8) is 0 Å². The lowest BCUT2D eigenvalue weighted by Crippen LogP contribution is -2.53. The van der Waals surface area contributed by atoms with E-state index >= 15 is 0 Å². The van der Waals surface area contributed by atoms with Gasteiger partial charge in [-0.3, -0.25) is 14.4 Å². The molecule has 146 valence electrons. The lowest BCUT2D eigenvalue weighted by Gasteiger charge is -2.49. The summed E-state index contributed by atoms with van der Waals surface area (Å²) >= 11 is 0. The van der Waals surface area contributed by atoms with Crippen molar-refractivity contribution in [2.75, 3.05) is 0 Å². The molecule has 0 aromatic heterocycles. The SMILES string of the molecule is C=CCC(=O)CCC1(C(C)=O)C[C@]2(C)[C@H](CC[C@H]2OC(C)(C)C)CC1=O. The number of fused-ring (bicyclic) bond motifs is 1. The van der Waals surface area contributed by atoms with Crippen LogP contribution < -0.4 is 0 Å². The van der Waals surface area contributed by atoms with Crippen LogP contribution >= 0.6 is 0 Å². The highest BCUT2D eigenvalue weighted by atomic mass is 16.5. The molecular weight excluding hydrogens is 328 g/mol. The summed E-state index contributed by atoms with van der Waals surface area (Å²) in [6, 6.07) is 0. The van der Waals surface area contributed by atoms with Gasteiger partial charge in [-0.2, -0.15) is 0 Å². The molecule has 4 heteroatoms. The fraction of sp³-hybridized carbons (Fsp3) is 0.773. The molecule has 0 aliphatic heterocycles. The lowest BCUT2D eigenvalue weighted by atomic mass is 9.55. The van der Waals surface area contributed by atoms with E-state index in [1.807, 2.05) is 20.8 Å². The second-order valence-corrected chi connectivity index (χ2v) is 9.47. The molecule has 4 atom stereocenters. The molecule has 0 N–H and O–H groups in total. The molecule has 0 spiro atoms. The molecule has 2 rings (SSSR count). The zero-order chi connectivity index (χ0) is 19.8. The molecule has 4 nitrogen and oxygen atoms in total. The maximum atomic E-state index is 13.0. The summed E-state index contributed by atoms with van der Waals surface area (Å²) in [5.41, 5.74) is -1.50. The van der Waals surface area contributed by atoms with Crippen LogP contribution in [-0.4, -0.2) is 29.1 Å². The summed E-state index contributed by atoms with van der Waals surface area (Å²) in [5.74, 6) is 0.221. The number of carbonyl (C=O) groups is 3. The monoisotopic (exact) mass is 362 g/mol. The Bertz CT molecular complexity index is 600. The second-order valence-electron chi connectivity index (χ2n) is 9.47. The van der Waals surface area contributed by atoms with E-state index in [9.17, 15) is 14.4 Å². The van der Waals surface area contributed by atoms with Gasteiger partial charge in [0.2, 0.25) is 0 Å². The Kier molecular flexibility index (Phi) is 5.96. The van der Waals surface area contributed by atoms with Crippen LogP contribution in [0, 0.1) is 16.7 Å². The van der Waals surface area contributed by atoms with Crippen LogP contribution in [0.15, 0.2) is 12.7 Å². The fourth-order valence-electron chi connectivity index (χ4n) is 5.00. The number of ether oxygens (including phenoxy) is 1. The van der Waals surface area contributed by atoms with E-state index in [1.165, 1.54) is 6.92 Å². The van der Waals surface area contributed by atoms with Crippen molar-refractivity contribution in [1.82, 2.24) is 0 Å². The summed E-state index contributed by atoms with van der Waals surface area (Å²) in [6.45, 7) is 13.4. The second kappa shape index (κ2) is 7.38. The number of carbonyl (C=O) groups excluding carboxylic acids is 3. The number of hydrogen-bond acceptors (Lipinski definition) is 4. The Hall–Kier alpha value is -1.29.